The van der Waals surface area contributed by atoms with Gasteiger partial charge in [-0.15, -0.1) is 0 Å². The topological polar surface area (TPSA) is 39.7 Å². The second-order valence-electron chi connectivity index (χ2n) is 3.83. The summed E-state index contributed by atoms with van der Waals surface area (Å²) in [5.74, 6) is 0.863. The fraction of sp³-hybridized carbons (Fsp3) is 0.538. The first-order valence-electron chi connectivity index (χ1n) is 5.69. The van der Waals surface area contributed by atoms with Crippen LogP contribution in [0.2, 0.25) is 0 Å². The lowest BCUT2D eigenvalue weighted by Crippen LogP contribution is -2.19. The molecule has 1 aromatic carbocycles. The highest BCUT2D eigenvalue weighted by atomic mass is 16.7. The molecular weight excluding hydrogens is 218 g/mol. The van der Waals surface area contributed by atoms with Crippen LogP contribution in [-0.4, -0.2) is 34.2 Å². The largest absolute Gasteiger partial charge is 0.467 e. The second kappa shape index (κ2) is 8.06. The Hall–Kier alpha value is -1.10. The first kappa shape index (κ1) is 14.0. The van der Waals surface area contributed by atoms with Crippen LogP contribution < -0.4 is 10.1 Å². The zero-order valence-electron chi connectivity index (χ0n) is 10.8. The smallest absolute Gasteiger partial charge is 0.188 e. The van der Waals surface area contributed by atoms with E-state index < -0.39 is 0 Å². The average Bonchev–Trinajstić information content (AvgIpc) is 2.33. The highest BCUT2D eigenvalue weighted by Gasteiger charge is 2.03. The van der Waals surface area contributed by atoms with Crippen molar-refractivity contribution in [3.8, 4) is 5.75 Å². The van der Waals surface area contributed by atoms with Gasteiger partial charge in [0.05, 0.1) is 6.61 Å². The van der Waals surface area contributed by atoms with Crippen LogP contribution in [-0.2, 0) is 16.0 Å². The van der Waals surface area contributed by atoms with Crippen molar-refractivity contribution in [1.29, 1.82) is 0 Å². The van der Waals surface area contributed by atoms with E-state index in [2.05, 4.69) is 18.3 Å². The molecule has 4 nitrogen and oxygen atoms in total. The third-order valence-corrected chi connectivity index (χ3v) is 2.35. The van der Waals surface area contributed by atoms with Crippen LogP contribution in [0.5, 0.6) is 5.75 Å². The van der Waals surface area contributed by atoms with Crippen LogP contribution in [0.25, 0.3) is 0 Å². The lowest BCUT2D eigenvalue weighted by Gasteiger charge is -2.12. The zero-order valence-corrected chi connectivity index (χ0v) is 10.8. The molecule has 0 saturated heterocycles. The monoisotopic (exact) mass is 239 g/mol. The van der Waals surface area contributed by atoms with E-state index in [1.807, 2.05) is 12.1 Å². The van der Waals surface area contributed by atoms with Crippen molar-refractivity contribution in [2.45, 2.75) is 13.5 Å². The Morgan fingerprint density at radius 2 is 2.00 bits per heavy atom. The van der Waals surface area contributed by atoms with Crippen molar-refractivity contribution in [3.05, 3.63) is 29.3 Å². The molecule has 96 valence electrons. The van der Waals surface area contributed by atoms with Gasteiger partial charge in [0.2, 0.25) is 0 Å². The minimum Gasteiger partial charge on any atom is -0.467 e. The first-order chi connectivity index (χ1) is 8.27. The molecule has 0 saturated carbocycles. The Balaban J connectivity index is 2.56. The molecule has 0 aromatic heterocycles. The van der Waals surface area contributed by atoms with Gasteiger partial charge in [-0.25, -0.2) is 0 Å². The van der Waals surface area contributed by atoms with Crippen LogP contribution in [0.15, 0.2) is 18.2 Å². The zero-order chi connectivity index (χ0) is 12.5. The molecule has 1 rings (SSSR count). The lowest BCUT2D eigenvalue weighted by atomic mass is 10.1. The molecule has 0 radical (unpaired) electrons. The van der Waals surface area contributed by atoms with E-state index >= 15 is 0 Å². The molecule has 0 aliphatic rings. The molecular formula is C13H21NO3. The van der Waals surface area contributed by atoms with Crippen LogP contribution in [0.1, 0.15) is 11.1 Å². The van der Waals surface area contributed by atoms with Gasteiger partial charge in [0, 0.05) is 32.9 Å². The third-order valence-electron chi connectivity index (χ3n) is 2.35. The molecule has 0 atom stereocenters. The van der Waals surface area contributed by atoms with Crippen molar-refractivity contribution >= 4 is 0 Å². The maximum absolute atomic E-state index is 5.50. The van der Waals surface area contributed by atoms with Gasteiger partial charge in [-0.05, 0) is 13.0 Å². The minimum absolute atomic E-state index is 0.272. The van der Waals surface area contributed by atoms with Gasteiger partial charge in [0.15, 0.2) is 6.79 Å². The van der Waals surface area contributed by atoms with Gasteiger partial charge in [-0.3, -0.25) is 0 Å². The van der Waals surface area contributed by atoms with E-state index in [0.29, 0.717) is 6.61 Å². The Labute approximate surface area is 103 Å². The molecule has 17 heavy (non-hydrogen) atoms. The quantitative estimate of drug-likeness (QED) is 0.554. The summed E-state index contributed by atoms with van der Waals surface area (Å²) < 4.78 is 15.4. The maximum Gasteiger partial charge on any atom is 0.188 e. The number of nitrogens with one attached hydrogen (secondary N) is 1. The standard InChI is InChI=1S/C13H21NO3/c1-11-4-5-13(17-10-16-3)12(8-11)9-14-6-7-15-2/h4-5,8,14H,6-7,9-10H2,1-3H3. The van der Waals surface area contributed by atoms with Gasteiger partial charge in [-0.1, -0.05) is 17.7 Å². The van der Waals surface area contributed by atoms with Crippen molar-refractivity contribution in [2.24, 2.45) is 0 Å². The predicted octanol–water partition coefficient (Wildman–Crippen LogP) is 1.71. The fourth-order valence-electron chi connectivity index (χ4n) is 1.51. The molecule has 4 heteroatoms. The lowest BCUT2D eigenvalue weighted by molar-refractivity contribution is 0.0503. The summed E-state index contributed by atoms with van der Waals surface area (Å²) in [5, 5.41) is 3.30. The number of benzene rings is 1. The van der Waals surface area contributed by atoms with E-state index in [1.54, 1.807) is 14.2 Å². The van der Waals surface area contributed by atoms with E-state index in [-0.39, 0.29) is 6.79 Å². The Morgan fingerprint density at radius 3 is 2.71 bits per heavy atom. The Kier molecular flexibility index (Phi) is 6.62. The summed E-state index contributed by atoms with van der Waals surface area (Å²) in [5.41, 5.74) is 2.36. The van der Waals surface area contributed by atoms with E-state index in [1.165, 1.54) is 5.56 Å². The number of ether oxygens (including phenoxy) is 3. The van der Waals surface area contributed by atoms with Gasteiger partial charge >= 0.3 is 0 Å². The second-order valence-corrected chi connectivity index (χ2v) is 3.83. The SMILES string of the molecule is COCCNCc1cc(C)ccc1OCOC. The molecule has 0 aliphatic heterocycles. The van der Waals surface area contributed by atoms with Gasteiger partial charge in [0.25, 0.3) is 0 Å². The summed E-state index contributed by atoms with van der Waals surface area (Å²) in [6.45, 7) is 4.64. The van der Waals surface area contributed by atoms with Crippen LogP contribution in [0.3, 0.4) is 0 Å². The molecule has 0 aliphatic carbocycles. The predicted molar refractivity (Wildman–Crippen MR) is 67.3 cm³/mol. The van der Waals surface area contributed by atoms with E-state index in [0.717, 1.165) is 24.4 Å². The normalized spacial score (nSPS) is 10.5. The molecule has 0 unspecified atom stereocenters. The Bertz CT molecular complexity index is 328. The summed E-state index contributed by atoms with van der Waals surface area (Å²) >= 11 is 0. The number of hydrogen-bond donors (Lipinski definition) is 1. The molecule has 0 amide bonds. The van der Waals surface area contributed by atoms with Gasteiger partial charge < -0.3 is 19.5 Å². The van der Waals surface area contributed by atoms with Gasteiger partial charge in [-0.2, -0.15) is 0 Å². The summed E-state index contributed by atoms with van der Waals surface area (Å²) in [6.07, 6.45) is 0. The van der Waals surface area contributed by atoms with E-state index in [4.69, 9.17) is 14.2 Å². The number of rotatable bonds is 8. The molecule has 0 fully saturated rings. The molecule has 0 spiro atoms. The highest BCUT2D eigenvalue weighted by molar-refractivity contribution is 5.36. The van der Waals surface area contributed by atoms with Crippen molar-refractivity contribution in [3.63, 3.8) is 0 Å². The maximum atomic E-state index is 5.50. The van der Waals surface area contributed by atoms with Crippen LogP contribution >= 0.6 is 0 Å². The van der Waals surface area contributed by atoms with Crippen molar-refractivity contribution < 1.29 is 14.2 Å². The molecule has 0 heterocycles. The minimum atomic E-state index is 0.272. The third kappa shape index (κ3) is 5.17. The van der Waals surface area contributed by atoms with E-state index in [9.17, 15) is 0 Å². The highest BCUT2D eigenvalue weighted by Crippen LogP contribution is 2.19. The van der Waals surface area contributed by atoms with Gasteiger partial charge in [0.1, 0.15) is 5.75 Å². The summed E-state index contributed by atoms with van der Waals surface area (Å²) in [6, 6.07) is 6.12. The van der Waals surface area contributed by atoms with Crippen LogP contribution in [0, 0.1) is 6.92 Å². The van der Waals surface area contributed by atoms with Crippen LogP contribution in [0.4, 0.5) is 0 Å². The summed E-state index contributed by atoms with van der Waals surface area (Å²) in [7, 11) is 3.31. The molecule has 1 aromatic rings. The number of aryl methyl sites for hydroxylation is 1. The fourth-order valence-corrected chi connectivity index (χ4v) is 1.51. The van der Waals surface area contributed by atoms with Crippen molar-refractivity contribution in [1.82, 2.24) is 5.32 Å². The van der Waals surface area contributed by atoms with Crippen molar-refractivity contribution in [2.75, 3.05) is 34.2 Å². The Morgan fingerprint density at radius 1 is 1.18 bits per heavy atom. The number of methoxy groups -OCH3 is 2. The first-order valence-corrected chi connectivity index (χ1v) is 5.69. The summed E-state index contributed by atoms with van der Waals surface area (Å²) in [4.78, 5) is 0. The average molecular weight is 239 g/mol. The molecule has 1 N–H and O–H groups in total. The number of hydrogen-bond acceptors (Lipinski definition) is 4. The molecule has 0 bridgehead atoms.